The number of para-hydroxylation sites is 1. The molecule has 1 heterocycles. The normalized spacial score (nSPS) is 14.1. The second-order valence-electron chi connectivity index (χ2n) is 3.83. The molecule has 3 nitrogen and oxygen atoms in total. The topological polar surface area (TPSA) is 44.0 Å². The molecular formula is C13H9NO2. The van der Waals surface area contributed by atoms with Gasteiger partial charge in [-0.3, -0.25) is 4.79 Å². The van der Waals surface area contributed by atoms with Crippen molar-refractivity contribution in [3.05, 3.63) is 52.9 Å². The van der Waals surface area contributed by atoms with Crippen LogP contribution in [-0.2, 0) is 0 Å². The number of hydrogen-bond acceptors (Lipinski definition) is 2. The first-order valence-corrected chi connectivity index (χ1v) is 5.12. The summed E-state index contributed by atoms with van der Waals surface area (Å²) in [5, 5.41) is 12.8. The highest BCUT2D eigenvalue weighted by molar-refractivity contribution is 6.03. The lowest BCUT2D eigenvalue weighted by Crippen LogP contribution is -2.34. The van der Waals surface area contributed by atoms with Crippen LogP contribution in [0.4, 0.5) is 0 Å². The van der Waals surface area contributed by atoms with Crippen LogP contribution in [0.1, 0.15) is 22.5 Å². The first-order valence-electron chi connectivity index (χ1n) is 5.12. The number of benzene rings is 1. The maximum atomic E-state index is 12.0. The molecule has 0 unspecified atom stereocenters. The van der Waals surface area contributed by atoms with E-state index in [0.29, 0.717) is 23.2 Å². The summed E-state index contributed by atoms with van der Waals surface area (Å²) in [6, 6.07) is 9.07. The zero-order valence-electron chi connectivity index (χ0n) is 8.51. The largest absolute Gasteiger partial charge is 0.618 e. The van der Waals surface area contributed by atoms with Gasteiger partial charge in [0, 0.05) is 23.9 Å². The summed E-state index contributed by atoms with van der Waals surface area (Å²) in [5.74, 6) is 0.00727. The van der Waals surface area contributed by atoms with Crippen LogP contribution >= 0.6 is 0 Å². The molecule has 1 aromatic carbocycles. The third-order valence-corrected chi connectivity index (χ3v) is 2.83. The molecule has 0 spiro atoms. The Morgan fingerprint density at radius 2 is 2.06 bits per heavy atom. The van der Waals surface area contributed by atoms with Crippen LogP contribution in [0.5, 0.6) is 0 Å². The van der Waals surface area contributed by atoms with Crippen LogP contribution < -0.4 is 4.73 Å². The molecule has 0 radical (unpaired) electrons. The number of allylic oxidation sites excluding steroid dienone is 1. The van der Waals surface area contributed by atoms with Crippen LogP contribution in [0.25, 0.3) is 17.0 Å². The van der Waals surface area contributed by atoms with E-state index >= 15 is 0 Å². The van der Waals surface area contributed by atoms with E-state index in [1.807, 2.05) is 18.2 Å². The van der Waals surface area contributed by atoms with Crippen molar-refractivity contribution < 1.29 is 9.52 Å². The van der Waals surface area contributed by atoms with Crippen molar-refractivity contribution in [3.8, 4) is 0 Å². The highest BCUT2D eigenvalue weighted by Gasteiger charge is 2.22. The molecule has 1 aromatic heterocycles. The van der Waals surface area contributed by atoms with E-state index in [9.17, 15) is 10.0 Å². The molecule has 1 aliphatic carbocycles. The molecule has 0 amide bonds. The maximum Gasteiger partial charge on any atom is 0.227 e. The number of carbonyl (C=O) groups is 1. The van der Waals surface area contributed by atoms with E-state index in [1.165, 1.54) is 0 Å². The summed E-state index contributed by atoms with van der Waals surface area (Å²) in [5.41, 5.74) is 1.58. The van der Waals surface area contributed by atoms with Crippen LogP contribution in [0.15, 0.2) is 36.4 Å². The fraction of sp³-hybridized carbons (Fsp3) is 0.0769. The van der Waals surface area contributed by atoms with E-state index < -0.39 is 0 Å². The number of carbonyl (C=O) groups excluding carboxylic acids is 1. The molecule has 78 valence electrons. The fourth-order valence-electron chi connectivity index (χ4n) is 2.03. The Balaban J connectivity index is 2.46. The SMILES string of the molecule is O=C1CC=Cc2c1cc1ccccc1[n+]2[O-]. The summed E-state index contributed by atoms with van der Waals surface area (Å²) in [6.45, 7) is 0. The van der Waals surface area contributed by atoms with Gasteiger partial charge in [-0.25, -0.2) is 0 Å². The Morgan fingerprint density at radius 3 is 2.94 bits per heavy atom. The number of ketones is 1. The summed E-state index contributed by atoms with van der Waals surface area (Å²) in [4.78, 5) is 11.7. The van der Waals surface area contributed by atoms with Crippen molar-refractivity contribution in [3.63, 3.8) is 0 Å². The molecule has 3 heteroatoms. The van der Waals surface area contributed by atoms with Gasteiger partial charge in [0.25, 0.3) is 0 Å². The Hall–Kier alpha value is -2.16. The van der Waals surface area contributed by atoms with Crippen LogP contribution in [-0.4, -0.2) is 5.78 Å². The quantitative estimate of drug-likeness (QED) is 0.494. The summed E-state index contributed by atoms with van der Waals surface area (Å²) >= 11 is 0. The third-order valence-electron chi connectivity index (χ3n) is 2.83. The maximum absolute atomic E-state index is 12.0. The van der Waals surface area contributed by atoms with E-state index in [0.717, 1.165) is 10.1 Å². The minimum absolute atomic E-state index is 0.00727. The minimum Gasteiger partial charge on any atom is -0.618 e. The Bertz CT molecular complexity index is 629. The van der Waals surface area contributed by atoms with Gasteiger partial charge < -0.3 is 5.21 Å². The Morgan fingerprint density at radius 1 is 1.25 bits per heavy atom. The number of Topliss-reactive ketones (excluding diaryl/α,β-unsaturated/α-hetero) is 1. The summed E-state index contributed by atoms with van der Waals surface area (Å²) in [7, 11) is 0. The Kier molecular flexibility index (Phi) is 1.80. The minimum atomic E-state index is 0.00727. The van der Waals surface area contributed by atoms with Crippen molar-refractivity contribution in [1.82, 2.24) is 0 Å². The van der Waals surface area contributed by atoms with Gasteiger partial charge in [0.2, 0.25) is 11.2 Å². The second-order valence-corrected chi connectivity index (χ2v) is 3.83. The van der Waals surface area contributed by atoms with Crippen molar-refractivity contribution in [2.75, 3.05) is 0 Å². The van der Waals surface area contributed by atoms with Gasteiger partial charge in [-0.05, 0) is 12.1 Å². The molecule has 0 aliphatic heterocycles. The number of aromatic nitrogens is 1. The molecule has 1 aliphatic rings. The van der Waals surface area contributed by atoms with E-state index in [-0.39, 0.29) is 5.78 Å². The second kappa shape index (κ2) is 3.17. The zero-order chi connectivity index (χ0) is 11.1. The molecule has 0 atom stereocenters. The molecule has 0 fully saturated rings. The molecule has 0 saturated carbocycles. The smallest absolute Gasteiger partial charge is 0.227 e. The summed E-state index contributed by atoms with van der Waals surface area (Å²) in [6.07, 6.45) is 3.83. The fourth-order valence-corrected chi connectivity index (χ4v) is 2.03. The molecular weight excluding hydrogens is 202 g/mol. The standard InChI is InChI=1S/C13H9NO2/c15-13-7-3-6-12-10(13)8-9-4-1-2-5-11(9)14(12)16/h1-6,8H,7H2. The number of hydrogen-bond donors (Lipinski definition) is 0. The van der Waals surface area contributed by atoms with Gasteiger partial charge in [0.15, 0.2) is 5.78 Å². The lowest BCUT2D eigenvalue weighted by Gasteiger charge is -2.11. The number of nitrogens with zero attached hydrogens (tertiary/aromatic N) is 1. The Labute approximate surface area is 92.2 Å². The van der Waals surface area contributed by atoms with Crippen molar-refractivity contribution >= 4 is 22.8 Å². The van der Waals surface area contributed by atoms with Gasteiger partial charge in [0.05, 0.1) is 5.56 Å². The zero-order valence-corrected chi connectivity index (χ0v) is 8.51. The molecule has 16 heavy (non-hydrogen) atoms. The van der Waals surface area contributed by atoms with Gasteiger partial charge in [-0.2, -0.15) is 4.73 Å². The van der Waals surface area contributed by atoms with E-state index in [2.05, 4.69) is 0 Å². The highest BCUT2D eigenvalue weighted by atomic mass is 16.5. The number of fused-ring (bicyclic) bond motifs is 2. The van der Waals surface area contributed by atoms with Gasteiger partial charge in [-0.15, -0.1) is 0 Å². The lowest BCUT2D eigenvalue weighted by molar-refractivity contribution is -0.579. The molecule has 0 N–H and O–H groups in total. The van der Waals surface area contributed by atoms with Crippen molar-refractivity contribution in [1.29, 1.82) is 0 Å². The van der Waals surface area contributed by atoms with Crippen LogP contribution in [0, 0.1) is 5.21 Å². The predicted molar refractivity (Wildman–Crippen MR) is 60.9 cm³/mol. The van der Waals surface area contributed by atoms with Gasteiger partial charge in [0.1, 0.15) is 0 Å². The predicted octanol–water partition coefficient (Wildman–Crippen LogP) is 2.07. The first-order chi connectivity index (χ1) is 7.77. The van der Waals surface area contributed by atoms with Crippen molar-refractivity contribution in [2.45, 2.75) is 6.42 Å². The first kappa shape index (κ1) is 9.09. The van der Waals surface area contributed by atoms with Crippen LogP contribution in [0.3, 0.4) is 0 Å². The van der Waals surface area contributed by atoms with E-state index in [4.69, 9.17) is 0 Å². The molecule has 3 rings (SSSR count). The molecule has 0 bridgehead atoms. The van der Waals surface area contributed by atoms with Crippen LogP contribution in [0.2, 0.25) is 0 Å². The van der Waals surface area contributed by atoms with E-state index in [1.54, 1.807) is 24.3 Å². The summed E-state index contributed by atoms with van der Waals surface area (Å²) < 4.78 is 0.832. The lowest BCUT2D eigenvalue weighted by atomic mass is 9.99. The number of pyridine rings is 1. The average molecular weight is 211 g/mol. The monoisotopic (exact) mass is 211 g/mol. The van der Waals surface area contributed by atoms with Gasteiger partial charge >= 0.3 is 0 Å². The molecule has 0 saturated heterocycles. The van der Waals surface area contributed by atoms with Crippen molar-refractivity contribution in [2.24, 2.45) is 0 Å². The number of rotatable bonds is 0. The van der Waals surface area contributed by atoms with Gasteiger partial charge in [-0.1, -0.05) is 18.2 Å². The average Bonchev–Trinajstić information content (AvgIpc) is 2.31. The molecule has 2 aromatic rings. The highest BCUT2D eigenvalue weighted by Crippen LogP contribution is 2.20. The third kappa shape index (κ3) is 1.15.